The summed E-state index contributed by atoms with van der Waals surface area (Å²) < 4.78 is 0. The van der Waals surface area contributed by atoms with Crippen molar-refractivity contribution in [3.63, 3.8) is 0 Å². The van der Waals surface area contributed by atoms with Crippen molar-refractivity contribution in [2.75, 3.05) is 6.54 Å². The van der Waals surface area contributed by atoms with Crippen LogP contribution in [-0.2, 0) is 9.59 Å². The topological polar surface area (TPSA) is 188 Å². The van der Waals surface area contributed by atoms with Crippen LogP contribution in [0.1, 0.15) is 75.6 Å². The van der Waals surface area contributed by atoms with Crippen molar-refractivity contribution in [1.82, 2.24) is 35.9 Å². The monoisotopic (exact) mass is 644 g/mol. The molecule has 47 heavy (non-hydrogen) atoms. The third-order valence-corrected chi connectivity index (χ3v) is 6.96. The van der Waals surface area contributed by atoms with Gasteiger partial charge in [0.05, 0.1) is 36.4 Å². The lowest BCUT2D eigenvalue weighted by Crippen LogP contribution is -2.49. The first-order valence-electron chi connectivity index (χ1n) is 15.9. The largest absolute Gasteiger partial charge is 0.368 e. The van der Waals surface area contributed by atoms with Gasteiger partial charge in [0.25, 0.3) is 11.8 Å². The maximum absolute atomic E-state index is 12.4. The van der Waals surface area contributed by atoms with Crippen LogP contribution in [0.15, 0.2) is 73.6 Å². The number of rotatable bonds is 12. The molecule has 2 aromatic carbocycles. The molecule has 0 aliphatic carbocycles. The Morgan fingerprint density at radius 3 is 1.43 bits per heavy atom. The average molecular weight is 645 g/mol. The summed E-state index contributed by atoms with van der Waals surface area (Å²) in [6, 6.07) is 13.0. The van der Waals surface area contributed by atoms with Crippen molar-refractivity contribution in [2.45, 2.75) is 67.0 Å². The number of nitrogens with one attached hydrogen (secondary N) is 5. The smallest absolute Gasteiger partial charge is 0.251 e. The van der Waals surface area contributed by atoms with E-state index in [4.69, 9.17) is 5.73 Å². The number of H-pyrrole nitrogens is 2. The molecule has 12 nitrogen and oxygen atoms in total. The second-order valence-corrected chi connectivity index (χ2v) is 11.2. The molecule has 2 atom stereocenters. The molecular formula is C35H48N8O4. The Labute approximate surface area is 276 Å². The molecule has 4 aromatic rings. The van der Waals surface area contributed by atoms with Crippen molar-refractivity contribution >= 4 is 23.6 Å². The van der Waals surface area contributed by atoms with E-state index < -0.39 is 18.0 Å². The number of benzene rings is 2. The van der Waals surface area contributed by atoms with E-state index in [0.717, 1.165) is 28.9 Å². The van der Waals surface area contributed by atoms with Crippen LogP contribution in [0, 0.1) is 11.8 Å². The van der Waals surface area contributed by atoms with Gasteiger partial charge < -0.3 is 31.7 Å². The normalized spacial score (nSPS) is 11.7. The number of primary amides is 1. The van der Waals surface area contributed by atoms with Gasteiger partial charge in [-0.25, -0.2) is 9.97 Å². The predicted molar refractivity (Wildman–Crippen MR) is 184 cm³/mol. The fourth-order valence-corrected chi connectivity index (χ4v) is 4.34. The Bertz CT molecular complexity index is 1510. The van der Waals surface area contributed by atoms with Gasteiger partial charge in [0, 0.05) is 17.7 Å². The summed E-state index contributed by atoms with van der Waals surface area (Å²) >= 11 is 0. The molecule has 2 aromatic heterocycles. The molecular weight excluding hydrogens is 596 g/mol. The quantitative estimate of drug-likeness (QED) is 0.130. The number of nitrogens with two attached hydrogens (primary N) is 1. The molecule has 0 radical (unpaired) electrons. The van der Waals surface area contributed by atoms with Crippen LogP contribution < -0.4 is 21.7 Å². The number of hydrogen-bond donors (Lipinski definition) is 6. The van der Waals surface area contributed by atoms with E-state index in [1.807, 2.05) is 72.7 Å². The SMILES string of the molecule is CC.CC(C)C(NC(=O)c1ccc(-c2cnc[nH]2)cc1)C(N)=O.CCCNC(=O)C(NC(=O)c1ccc(-c2cnc[nH]2)cc1)C(C)C. The molecule has 4 rings (SSSR count). The van der Waals surface area contributed by atoms with E-state index in [0.29, 0.717) is 17.7 Å². The minimum atomic E-state index is -0.676. The number of aromatic amines is 2. The van der Waals surface area contributed by atoms with Crippen molar-refractivity contribution in [3.05, 3.63) is 84.7 Å². The second kappa shape index (κ2) is 19.3. The zero-order valence-electron chi connectivity index (χ0n) is 28.3. The van der Waals surface area contributed by atoms with E-state index in [9.17, 15) is 19.2 Å². The number of amides is 4. The van der Waals surface area contributed by atoms with E-state index in [2.05, 4.69) is 35.9 Å². The van der Waals surface area contributed by atoms with Crippen LogP contribution in [0.25, 0.3) is 22.5 Å². The predicted octanol–water partition coefficient (Wildman–Crippen LogP) is 4.70. The standard InChI is InChI=1S/C18H24N4O2.C15H18N4O2.C2H6/c1-4-9-20-18(24)16(12(2)3)22-17(23)14-7-5-13(6-8-14)15-10-19-11-21-15;1-9(2)13(14(16)20)19-15(21)11-5-3-10(4-6-11)12-7-17-8-18-12;1-2/h5-8,10-12,16H,4,9H2,1-3H3,(H,19,21)(H,20,24)(H,22,23);3-9,13H,1-2H3,(H2,16,20)(H,17,18)(H,19,21);1-2H3. The highest BCUT2D eigenvalue weighted by Crippen LogP contribution is 2.18. The molecule has 0 fully saturated rings. The van der Waals surface area contributed by atoms with E-state index in [1.165, 1.54) is 0 Å². The minimum Gasteiger partial charge on any atom is -0.368 e. The fraction of sp³-hybridized carbons (Fsp3) is 0.371. The first-order chi connectivity index (χ1) is 22.5. The number of nitrogens with zero attached hydrogens (tertiary/aromatic N) is 2. The van der Waals surface area contributed by atoms with Crippen LogP contribution in [0.5, 0.6) is 0 Å². The van der Waals surface area contributed by atoms with Crippen LogP contribution in [0.2, 0.25) is 0 Å². The first-order valence-corrected chi connectivity index (χ1v) is 15.9. The molecule has 0 aliphatic heterocycles. The van der Waals surface area contributed by atoms with Gasteiger partial charge in [-0.3, -0.25) is 19.2 Å². The summed E-state index contributed by atoms with van der Waals surface area (Å²) in [4.78, 5) is 62.0. The summed E-state index contributed by atoms with van der Waals surface area (Å²) in [5.41, 5.74) is 9.93. The minimum absolute atomic E-state index is 0.00933. The van der Waals surface area contributed by atoms with Crippen molar-refractivity contribution in [2.24, 2.45) is 17.6 Å². The lowest BCUT2D eigenvalue weighted by atomic mass is 10.0. The Morgan fingerprint density at radius 2 is 1.11 bits per heavy atom. The van der Waals surface area contributed by atoms with Gasteiger partial charge in [0.1, 0.15) is 12.1 Å². The molecule has 2 unspecified atom stereocenters. The third kappa shape index (κ3) is 11.6. The second-order valence-electron chi connectivity index (χ2n) is 11.2. The van der Waals surface area contributed by atoms with Gasteiger partial charge in [-0.2, -0.15) is 0 Å². The summed E-state index contributed by atoms with van der Waals surface area (Å²) in [7, 11) is 0. The van der Waals surface area contributed by atoms with Crippen LogP contribution in [-0.4, -0.2) is 62.2 Å². The van der Waals surface area contributed by atoms with Gasteiger partial charge >= 0.3 is 0 Å². The molecule has 0 bridgehead atoms. The zero-order valence-corrected chi connectivity index (χ0v) is 28.3. The van der Waals surface area contributed by atoms with E-state index in [1.54, 1.807) is 49.3 Å². The Hall–Kier alpha value is -5.26. The average Bonchev–Trinajstić information content (AvgIpc) is 3.81. The first kappa shape index (κ1) is 37.9. The molecule has 0 aliphatic rings. The highest BCUT2D eigenvalue weighted by Gasteiger charge is 2.24. The number of imidazole rings is 2. The van der Waals surface area contributed by atoms with E-state index in [-0.39, 0.29) is 29.6 Å². The summed E-state index contributed by atoms with van der Waals surface area (Å²) in [5, 5.41) is 8.31. The number of hydrogen-bond acceptors (Lipinski definition) is 6. The molecule has 252 valence electrons. The lowest BCUT2D eigenvalue weighted by Gasteiger charge is -2.21. The van der Waals surface area contributed by atoms with E-state index >= 15 is 0 Å². The maximum Gasteiger partial charge on any atom is 0.251 e. The fourth-order valence-electron chi connectivity index (χ4n) is 4.34. The summed E-state index contributed by atoms with van der Waals surface area (Å²) in [6.07, 6.45) is 7.49. The molecule has 7 N–H and O–H groups in total. The zero-order chi connectivity index (χ0) is 34.9. The van der Waals surface area contributed by atoms with Crippen molar-refractivity contribution in [1.29, 1.82) is 0 Å². The van der Waals surface area contributed by atoms with Gasteiger partial charge in [-0.05, 0) is 53.6 Å². The lowest BCUT2D eigenvalue weighted by molar-refractivity contribution is -0.124. The van der Waals surface area contributed by atoms with Gasteiger partial charge in [0.2, 0.25) is 11.8 Å². The van der Waals surface area contributed by atoms with Crippen molar-refractivity contribution in [3.8, 4) is 22.5 Å². The van der Waals surface area contributed by atoms with Gasteiger partial charge in [-0.15, -0.1) is 0 Å². The summed E-state index contributed by atoms with van der Waals surface area (Å²) in [5.74, 6) is -1.30. The molecule has 12 heteroatoms. The van der Waals surface area contributed by atoms with Gasteiger partial charge in [0.15, 0.2) is 0 Å². The van der Waals surface area contributed by atoms with Gasteiger partial charge in [-0.1, -0.05) is 72.7 Å². The van der Waals surface area contributed by atoms with Crippen molar-refractivity contribution < 1.29 is 19.2 Å². The molecule has 4 amide bonds. The molecule has 0 spiro atoms. The van der Waals surface area contributed by atoms with Crippen LogP contribution in [0.3, 0.4) is 0 Å². The Balaban J connectivity index is 0.000000313. The summed E-state index contributed by atoms with van der Waals surface area (Å²) in [6.45, 7) is 14.1. The highest BCUT2D eigenvalue weighted by atomic mass is 16.2. The molecule has 2 heterocycles. The number of carbonyl (C=O) groups excluding carboxylic acids is 4. The Kier molecular flexibility index (Phi) is 15.6. The van der Waals surface area contributed by atoms with Crippen LogP contribution >= 0.6 is 0 Å². The Morgan fingerprint density at radius 1 is 0.702 bits per heavy atom. The third-order valence-electron chi connectivity index (χ3n) is 6.96. The number of aromatic nitrogens is 4. The number of carbonyl (C=O) groups is 4. The van der Waals surface area contributed by atoms with Crippen LogP contribution in [0.4, 0.5) is 0 Å². The maximum atomic E-state index is 12.4. The highest BCUT2D eigenvalue weighted by molar-refractivity contribution is 5.98. The molecule has 0 saturated heterocycles. The molecule has 0 saturated carbocycles.